The van der Waals surface area contributed by atoms with Crippen LogP contribution in [0.4, 0.5) is 17.5 Å². The Labute approximate surface area is 260 Å². The third-order valence-corrected chi connectivity index (χ3v) is 11.2. The summed E-state index contributed by atoms with van der Waals surface area (Å²) in [7, 11) is 3.85. The first kappa shape index (κ1) is 27.5. The summed E-state index contributed by atoms with van der Waals surface area (Å²) in [6.07, 6.45) is 9.23. The molecular weight excluding hydrogens is 574 g/mol. The molecule has 11 nitrogen and oxygen atoms in total. The van der Waals surface area contributed by atoms with Crippen molar-refractivity contribution in [1.29, 1.82) is 0 Å². The van der Waals surface area contributed by atoms with Crippen molar-refractivity contribution in [3.05, 3.63) is 63.6 Å². The predicted octanol–water partition coefficient (Wildman–Crippen LogP) is 4.14. The molecule has 2 saturated heterocycles. The van der Waals surface area contributed by atoms with Crippen molar-refractivity contribution in [1.82, 2.24) is 34.7 Å². The lowest BCUT2D eigenvalue weighted by molar-refractivity contribution is -0.139. The zero-order chi connectivity index (χ0) is 29.9. The van der Waals surface area contributed by atoms with Crippen LogP contribution in [0.3, 0.4) is 0 Å². The van der Waals surface area contributed by atoms with Crippen LogP contribution < -0.4 is 15.5 Å². The molecule has 2 aliphatic heterocycles. The van der Waals surface area contributed by atoms with Crippen LogP contribution >= 0.6 is 11.3 Å². The van der Waals surface area contributed by atoms with Gasteiger partial charge in [0, 0.05) is 62.2 Å². The third-order valence-electron chi connectivity index (χ3n) is 9.87. The average Bonchev–Trinajstić information content (AvgIpc) is 3.83. The highest BCUT2D eigenvalue weighted by atomic mass is 32.1. The first-order chi connectivity index (χ1) is 21.4. The Kier molecular flexibility index (Phi) is 6.78. The largest absolute Gasteiger partial charge is 0.347 e. The molecule has 44 heavy (non-hydrogen) atoms. The highest BCUT2D eigenvalue weighted by Crippen LogP contribution is 2.55. The molecule has 4 atom stereocenters. The number of piperazine rings is 1. The monoisotopic (exact) mass is 611 g/mol. The lowest BCUT2D eigenvalue weighted by Gasteiger charge is -2.37. The van der Waals surface area contributed by atoms with Crippen LogP contribution in [-0.2, 0) is 4.79 Å². The summed E-state index contributed by atoms with van der Waals surface area (Å²) in [5.74, 6) is 2.69. The fourth-order valence-electron chi connectivity index (χ4n) is 7.46. The number of anilines is 3. The van der Waals surface area contributed by atoms with E-state index >= 15 is 0 Å². The van der Waals surface area contributed by atoms with Crippen LogP contribution in [0.25, 0.3) is 5.65 Å². The summed E-state index contributed by atoms with van der Waals surface area (Å²) in [6.45, 7) is 3.04. The van der Waals surface area contributed by atoms with E-state index in [0.717, 1.165) is 48.6 Å². The number of fused-ring (bicyclic) bond motifs is 6. The molecule has 2 bridgehead atoms. The average molecular weight is 612 g/mol. The number of nitrogens with one attached hydrogen (secondary N) is 2. The van der Waals surface area contributed by atoms with E-state index in [0.29, 0.717) is 35.8 Å². The van der Waals surface area contributed by atoms with E-state index in [1.54, 1.807) is 26.9 Å². The molecule has 4 aromatic rings. The van der Waals surface area contributed by atoms with Gasteiger partial charge in [-0.2, -0.15) is 4.98 Å². The molecule has 8 rings (SSSR count). The van der Waals surface area contributed by atoms with Gasteiger partial charge in [0.25, 0.3) is 5.91 Å². The van der Waals surface area contributed by atoms with Gasteiger partial charge in [0.05, 0.1) is 4.88 Å². The molecule has 3 fully saturated rings. The minimum atomic E-state index is -0.282. The van der Waals surface area contributed by atoms with Gasteiger partial charge in [-0.15, -0.1) is 16.4 Å². The van der Waals surface area contributed by atoms with Crippen molar-refractivity contribution in [3.8, 4) is 0 Å². The van der Waals surface area contributed by atoms with E-state index in [1.165, 1.54) is 29.7 Å². The summed E-state index contributed by atoms with van der Waals surface area (Å²) >= 11 is 1.70. The summed E-state index contributed by atoms with van der Waals surface area (Å²) in [5.41, 5.74) is 3.87. The van der Waals surface area contributed by atoms with Crippen molar-refractivity contribution < 1.29 is 9.59 Å². The molecule has 1 aromatic carbocycles. The number of amides is 2. The van der Waals surface area contributed by atoms with Gasteiger partial charge in [-0.3, -0.25) is 14.5 Å². The SMILES string of the molecule is CN1CCN(C)C(c2ccc(Nc3nc(N4CCCC(NC(=O)c5cc6c(s5)C5CCC6C5)C4)nn4ccnc34)cc2)C1=O. The number of rotatable bonds is 6. The number of hydrogen-bond donors (Lipinski definition) is 2. The van der Waals surface area contributed by atoms with Gasteiger partial charge in [0.2, 0.25) is 11.9 Å². The molecule has 4 aliphatic rings. The standard InChI is InChI=1S/C32H37N9O2S/c1-38-14-15-39(2)31(43)26(38)19-7-9-22(10-8-19)34-28-29-33-11-13-41(29)37-32(36-28)40-12-3-4-23(18-40)35-30(42)25-17-24-20-5-6-21(16-20)27(24)44-25/h7-11,13,17,20-21,23,26H,3-6,12,14-16,18H2,1-2H3,(H,35,42)(H,34,36,37). The lowest BCUT2D eigenvalue weighted by atomic mass is 9.99. The quantitative estimate of drug-likeness (QED) is 0.335. The number of imidazole rings is 1. The van der Waals surface area contributed by atoms with Gasteiger partial charge >= 0.3 is 0 Å². The van der Waals surface area contributed by atoms with E-state index in [2.05, 4.69) is 31.5 Å². The number of carbonyl (C=O) groups is 2. The number of likely N-dealkylation sites (N-methyl/N-ethyl adjacent to an activating group) is 2. The van der Waals surface area contributed by atoms with E-state index in [1.807, 2.05) is 44.6 Å². The maximum absolute atomic E-state index is 13.3. The van der Waals surface area contributed by atoms with Crippen LogP contribution in [-0.4, -0.2) is 87.5 Å². The van der Waals surface area contributed by atoms with E-state index < -0.39 is 0 Å². The number of benzene rings is 1. The molecular formula is C32H37N9O2S. The molecule has 12 heteroatoms. The Morgan fingerprint density at radius 1 is 1.05 bits per heavy atom. The van der Waals surface area contributed by atoms with Crippen molar-refractivity contribution in [2.75, 3.05) is 50.5 Å². The Bertz CT molecular complexity index is 1710. The Hall–Kier alpha value is -4.03. The Morgan fingerprint density at radius 2 is 1.89 bits per heavy atom. The molecule has 1 saturated carbocycles. The fraction of sp³-hybridized carbons (Fsp3) is 0.469. The smallest absolute Gasteiger partial charge is 0.261 e. The normalized spacial score (nSPS) is 25.1. The molecule has 4 unspecified atom stereocenters. The molecule has 2 amide bonds. The highest BCUT2D eigenvalue weighted by molar-refractivity contribution is 7.14. The lowest BCUT2D eigenvalue weighted by Crippen LogP contribution is -2.48. The van der Waals surface area contributed by atoms with Crippen LogP contribution in [0.1, 0.15) is 75.7 Å². The number of aromatic nitrogens is 4. The first-order valence-corrected chi connectivity index (χ1v) is 16.5. The third kappa shape index (κ3) is 4.80. The summed E-state index contributed by atoms with van der Waals surface area (Å²) in [6, 6.07) is 9.85. The van der Waals surface area contributed by atoms with Crippen LogP contribution in [0, 0.1) is 0 Å². The molecule has 5 heterocycles. The topological polar surface area (TPSA) is 111 Å². The number of hydrogen-bond acceptors (Lipinski definition) is 9. The second-order valence-electron chi connectivity index (χ2n) is 12.7. The number of nitrogens with zero attached hydrogens (tertiary/aromatic N) is 7. The maximum Gasteiger partial charge on any atom is 0.261 e. The van der Waals surface area contributed by atoms with Crippen LogP contribution in [0.5, 0.6) is 0 Å². The summed E-state index contributed by atoms with van der Waals surface area (Å²) < 4.78 is 1.74. The van der Waals surface area contributed by atoms with Crippen LogP contribution in [0.15, 0.2) is 42.7 Å². The minimum absolute atomic E-state index is 0.0237. The van der Waals surface area contributed by atoms with Gasteiger partial charge in [0.15, 0.2) is 11.5 Å². The molecule has 228 valence electrons. The van der Waals surface area contributed by atoms with Gasteiger partial charge in [0.1, 0.15) is 6.04 Å². The van der Waals surface area contributed by atoms with Gasteiger partial charge < -0.3 is 20.4 Å². The number of thiophene rings is 1. The number of piperidine rings is 1. The highest BCUT2D eigenvalue weighted by Gasteiger charge is 2.39. The molecule has 0 spiro atoms. The van der Waals surface area contributed by atoms with Gasteiger partial charge in [-0.05, 0) is 80.3 Å². The zero-order valence-corrected chi connectivity index (χ0v) is 25.9. The second-order valence-corrected chi connectivity index (χ2v) is 13.8. The van der Waals surface area contributed by atoms with Crippen molar-refractivity contribution >= 4 is 46.3 Å². The van der Waals surface area contributed by atoms with E-state index in [-0.39, 0.29) is 23.9 Å². The fourth-order valence-corrected chi connectivity index (χ4v) is 8.76. The van der Waals surface area contributed by atoms with E-state index in [9.17, 15) is 9.59 Å². The van der Waals surface area contributed by atoms with Crippen LogP contribution in [0.2, 0.25) is 0 Å². The maximum atomic E-state index is 13.3. The first-order valence-electron chi connectivity index (χ1n) is 15.6. The van der Waals surface area contributed by atoms with Crippen molar-refractivity contribution in [2.24, 2.45) is 0 Å². The van der Waals surface area contributed by atoms with E-state index in [4.69, 9.17) is 10.1 Å². The Morgan fingerprint density at radius 3 is 2.73 bits per heavy atom. The second kappa shape index (κ2) is 10.8. The molecule has 2 aliphatic carbocycles. The Balaban J connectivity index is 0.980. The predicted molar refractivity (Wildman–Crippen MR) is 170 cm³/mol. The van der Waals surface area contributed by atoms with Crippen molar-refractivity contribution in [3.63, 3.8) is 0 Å². The zero-order valence-electron chi connectivity index (χ0n) is 25.1. The van der Waals surface area contributed by atoms with Crippen molar-refractivity contribution in [2.45, 2.75) is 56.0 Å². The minimum Gasteiger partial charge on any atom is -0.347 e. The van der Waals surface area contributed by atoms with Gasteiger partial charge in [-0.1, -0.05) is 12.1 Å². The summed E-state index contributed by atoms with van der Waals surface area (Å²) in [5, 5.41) is 11.5. The van der Waals surface area contributed by atoms with Gasteiger partial charge in [-0.25, -0.2) is 9.50 Å². The summed E-state index contributed by atoms with van der Waals surface area (Å²) in [4.78, 5) is 43.9. The molecule has 3 aromatic heterocycles. The molecule has 2 N–H and O–H groups in total. The molecule has 0 radical (unpaired) electrons. The number of carbonyl (C=O) groups excluding carboxylic acids is 2.